The van der Waals surface area contributed by atoms with Crippen molar-refractivity contribution in [2.24, 2.45) is 0 Å². The molecule has 1 aromatic carbocycles. The summed E-state index contributed by atoms with van der Waals surface area (Å²) in [7, 11) is 0. The molecule has 0 fully saturated rings. The maximum atomic E-state index is 11.8. The predicted molar refractivity (Wildman–Crippen MR) is 88.3 cm³/mol. The number of aryl methyl sites for hydroxylation is 1. The summed E-state index contributed by atoms with van der Waals surface area (Å²) in [5.74, 6) is -1.27. The maximum Gasteiger partial charge on any atom is 0.313 e. The van der Waals surface area contributed by atoms with Crippen molar-refractivity contribution in [2.45, 2.75) is 20.8 Å². The number of carbonyl (C=O) groups is 2. The van der Waals surface area contributed by atoms with Crippen LogP contribution in [0.25, 0.3) is 0 Å². The van der Waals surface area contributed by atoms with Crippen molar-refractivity contribution in [3.05, 3.63) is 28.2 Å². The zero-order valence-corrected chi connectivity index (χ0v) is 14.3. The summed E-state index contributed by atoms with van der Waals surface area (Å²) in [6.45, 7) is 9.13. The van der Waals surface area contributed by atoms with E-state index >= 15 is 0 Å². The van der Waals surface area contributed by atoms with E-state index in [1.165, 1.54) is 0 Å². The number of rotatable bonds is 6. The summed E-state index contributed by atoms with van der Waals surface area (Å²) in [4.78, 5) is 25.7. The molecule has 2 amide bonds. The van der Waals surface area contributed by atoms with Crippen LogP contribution in [0.2, 0.25) is 0 Å². The molecule has 5 nitrogen and oxygen atoms in total. The van der Waals surface area contributed by atoms with Gasteiger partial charge in [0.25, 0.3) is 0 Å². The first-order valence-corrected chi connectivity index (χ1v) is 7.84. The molecule has 0 aliphatic heterocycles. The molecule has 0 radical (unpaired) electrons. The normalized spacial score (nSPS) is 10.5. The van der Waals surface area contributed by atoms with Crippen molar-refractivity contribution >= 4 is 33.4 Å². The van der Waals surface area contributed by atoms with Crippen LogP contribution in [0.5, 0.6) is 0 Å². The quantitative estimate of drug-likeness (QED) is 0.768. The maximum absolute atomic E-state index is 11.8. The van der Waals surface area contributed by atoms with Crippen molar-refractivity contribution < 1.29 is 9.59 Å². The molecule has 116 valence electrons. The Kier molecular flexibility index (Phi) is 7.39. The van der Waals surface area contributed by atoms with E-state index in [-0.39, 0.29) is 0 Å². The van der Waals surface area contributed by atoms with Gasteiger partial charge in [-0.1, -0.05) is 19.9 Å². The molecule has 0 heterocycles. The summed E-state index contributed by atoms with van der Waals surface area (Å²) in [6, 6.07) is 5.52. The molecule has 0 aromatic heterocycles. The summed E-state index contributed by atoms with van der Waals surface area (Å²) in [5.41, 5.74) is 1.66. The largest absolute Gasteiger partial charge is 0.347 e. The number of carbonyl (C=O) groups excluding carboxylic acids is 2. The third-order valence-electron chi connectivity index (χ3n) is 3.19. The van der Waals surface area contributed by atoms with Gasteiger partial charge in [-0.2, -0.15) is 0 Å². The number of nitrogens with zero attached hydrogens (tertiary/aromatic N) is 1. The molecule has 0 spiro atoms. The lowest BCUT2D eigenvalue weighted by Crippen LogP contribution is -2.40. The fourth-order valence-corrected chi connectivity index (χ4v) is 2.44. The minimum atomic E-state index is -0.654. The van der Waals surface area contributed by atoms with Crippen LogP contribution < -0.4 is 10.6 Å². The molecule has 0 unspecified atom stereocenters. The zero-order valence-electron chi connectivity index (χ0n) is 12.7. The molecule has 0 aliphatic rings. The summed E-state index contributed by atoms with van der Waals surface area (Å²) >= 11 is 3.36. The molecule has 1 aromatic rings. The molecule has 0 aliphatic carbocycles. The van der Waals surface area contributed by atoms with Gasteiger partial charge in [-0.25, -0.2) is 0 Å². The van der Waals surface area contributed by atoms with E-state index < -0.39 is 11.8 Å². The summed E-state index contributed by atoms with van der Waals surface area (Å²) < 4.78 is 0.756. The molecular weight excluding hydrogens is 334 g/mol. The fourth-order valence-electron chi connectivity index (χ4n) is 1.85. The Morgan fingerprint density at radius 2 is 1.86 bits per heavy atom. The number of hydrogen-bond acceptors (Lipinski definition) is 3. The van der Waals surface area contributed by atoms with Crippen LogP contribution in [0.3, 0.4) is 0 Å². The van der Waals surface area contributed by atoms with Gasteiger partial charge >= 0.3 is 11.8 Å². The van der Waals surface area contributed by atoms with Gasteiger partial charge < -0.3 is 15.5 Å². The summed E-state index contributed by atoms with van der Waals surface area (Å²) in [6.07, 6.45) is 0. The van der Waals surface area contributed by atoms with E-state index in [4.69, 9.17) is 0 Å². The lowest BCUT2D eigenvalue weighted by atomic mass is 10.2. The Morgan fingerprint density at radius 1 is 1.19 bits per heavy atom. The first-order chi connectivity index (χ1) is 9.97. The molecule has 2 N–H and O–H groups in total. The third kappa shape index (κ3) is 5.85. The van der Waals surface area contributed by atoms with Crippen molar-refractivity contribution in [3.63, 3.8) is 0 Å². The van der Waals surface area contributed by atoms with Crippen LogP contribution in [0.1, 0.15) is 19.4 Å². The van der Waals surface area contributed by atoms with Crippen molar-refractivity contribution in [2.75, 3.05) is 31.5 Å². The third-order valence-corrected chi connectivity index (χ3v) is 3.84. The Balaban J connectivity index is 2.46. The van der Waals surface area contributed by atoms with E-state index in [1.807, 2.05) is 19.1 Å². The molecule has 1 rings (SSSR count). The molecule has 0 atom stereocenters. The average molecular weight is 356 g/mol. The van der Waals surface area contributed by atoms with Crippen LogP contribution in [-0.2, 0) is 9.59 Å². The minimum absolute atomic E-state index is 0.461. The highest BCUT2D eigenvalue weighted by molar-refractivity contribution is 9.10. The van der Waals surface area contributed by atoms with E-state index in [2.05, 4.69) is 45.3 Å². The van der Waals surface area contributed by atoms with Gasteiger partial charge in [-0.05, 0) is 53.6 Å². The van der Waals surface area contributed by atoms with Gasteiger partial charge in [0, 0.05) is 17.6 Å². The number of benzene rings is 1. The first kappa shape index (κ1) is 17.7. The molecule has 0 saturated carbocycles. The van der Waals surface area contributed by atoms with Crippen molar-refractivity contribution in [3.8, 4) is 0 Å². The Morgan fingerprint density at radius 3 is 2.43 bits per heavy atom. The molecule has 6 heteroatoms. The number of halogens is 1. The number of nitrogens with one attached hydrogen (secondary N) is 2. The van der Waals surface area contributed by atoms with Gasteiger partial charge in [0.1, 0.15) is 0 Å². The lowest BCUT2D eigenvalue weighted by molar-refractivity contribution is -0.136. The Bertz CT molecular complexity index is 502. The average Bonchev–Trinajstić information content (AvgIpc) is 2.46. The predicted octanol–water partition coefficient (Wildman–Crippen LogP) is 2.15. The number of amides is 2. The van der Waals surface area contributed by atoms with Gasteiger partial charge in [-0.15, -0.1) is 0 Å². The molecule has 0 bridgehead atoms. The van der Waals surface area contributed by atoms with E-state index in [0.717, 1.165) is 29.7 Å². The summed E-state index contributed by atoms with van der Waals surface area (Å²) in [5, 5.41) is 5.22. The smallest absolute Gasteiger partial charge is 0.313 e. The van der Waals surface area contributed by atoms with Crippen LogP contribution in [0, 0.1) is 6.92 Å². The highest BCUT2D eigenvalue weighted by atomic mass is 79.9. The Hall–Kier alpha value is -1.40. The van der Waals surface area contributed by atoms with Crippen molar-refractivity contribution in [1.29, 1.82) is 0 Å². The van der Waals surface area contributed by atoms with E-state index in [1.54, 1.807) is 6.07 Å². The van der Waals surface area contributed by atoms with Crippen LogP contribution >= 0.6 is 15.9 Å². The number of hydrogen-bond donors (Lipinski definition) is 2. The van der Waals surface area contributed by atoms with Crippen LogP contribution in [0.15, 0.2) is 22.7 Å². The lowest BCUT2D eigenvalue weighted by Gasteiger charge is -2.17. The topological polar surface area (TPSA) is 61.4 Å². The molecule has 0 saturated heterocycles. The highest BCUT2D eigenvalue weighted by Gasteiger charge is 2.14. The first-order valence-electron chi connectivity index (χ1n) is 7.05. The minimum Gasteiger partial charge on any atom is -0.347 e. The monoisotopic (exact) mass is 355 g/mol. The fraction of sp³-hybridized carbons (Fsp3) is 0.467. The molecular formula is C15H22BrN3O2. The molecule has 21 heavy (non-hydrogen) atoms. The second kappa shape index (κ2) is 8.79. The SMILES string of the molecule is CCN(CC)CCNC(=O)C(=O)Nc1ccc(C)cc1Br. The standard InChI is InChI=1S/C15H22BrN3O2/c1-4-19(5-2)9-8-17-14(20)15(21)18-13-7-6-11(3)10-12(13)16/h6-7,10H,4-5,8-9H2,1-3H3,(H,17,20)(H,18,21). The van der Waals surface area contributed by atoms with Crippen LogP contribution in [0.4, 0.5) is 5.69 Å². The second-order valence-electron chi connectivity index (χ2n) is 4.72. The van der Waals surface area contributed by atoms with Crippen LogP contribution in [-0.4, -0.2) is 42.9 Å². The highest BCUT2D eigenvalue weighted by Crippen LogP contribution is 2.23. The Labute approximate surface area is 134 Å². The zero-order chi connectivity index (χ0) is 15.8. The van der Waals surface area contributed by atoms with Gasteiger partial charge in [0.2, 0.25) is 0 Å². The van der Waals surface area contributed by atoms with Gasteiger partial charge in [-0.3, -0.25) is 9.59 Å². The second-order valence-corrected chi connectivity index (χ2v) is 5.57. The number of likely N-dealkylation sites (N-methyl/N-ethyl adjacent to an activating group) is 1. The number of anilines is 1. The van der Waals surface area contributed by atoms with E-state index in [9.17, 15) is 9.59 Å². The van der Waals surface area contributed by atoms with Gasteiger partial charge in [0.15, 0.2) is 0 Å². The van der Waals surface area contributed by atoms with E-state index in [0.29, 0.717) is 12.2 Å². The van der Waals surface area contributed by atoms with Crippen molar-refractivity contribution in [1.82, 2.24) is 10.2 Å². The van der Waals surface area contributed by atoms with Gasteiger partial charge in [0.05, 0.1) is 5.69 Å².